The maximum atomic E-state index is 11.4. The van der Waals surface area contributed by atoms with Gasteiger partial charge >= 0.3 is 12.1 Å². The highest BCUT2D eigenvalue weighted by molar-refractivity contribution is 5.75. The monoisotopic (exact) mass is 180 g/mol. The molecule has 1 saturated carbocycles. The number of carbonyl (C=O) groups excluding carboxylic acids is 1. The van der Waals surface area contributed by atoms with Crippen molar-refractivity contribution in [1.82, 2.24) is 0 Å². The Morgan fingerprint density at radius 1 is 1.42 bits per heavy atom. The van der Waals surface area contributed by atoms with Gasteiger partial charge in [0.15, 0.2) is 0 Å². The molecule has 0 saturated heterocycles. The van der Waals surface area contributed by atoms with E-state index in [4.69, 9.17) is 0 Å². The molecule has 0 aliphatic heterocycles. The lowest BCUT2D eigenvalue weighted by atomic mass is 10.4. The van der Waals surface area contributed by atoms with E-state index in [0.29, 0.717) is 6.26 Å². The molecular weight excluding hydrogens is 173 g/mol. The van der Waals surface area contributed by atoms with Crippen molar-refractivity contribution in [2.45, 2.75) is 19.0 Å². The van der Waals surface area contributed by atoms with Crippen LogP contribution in [0.3, 0.4) is 0 Å². The van der Waals surface area contributed by atoms with E-state index in [1.807, 2.05) is 0 Å². The molecular formula is C7H7F3O2. The first-order valence-electron chi connectivity index (χ1n) is 3.44. The fraction of sp³-hybridized carbons (Fsp3) is 0.571. The number of halogens is 3. The molecule has 68 valence electrons. The summed E-state index contributed by atoms with van der Waals surface area (Å²) < 4.78 is 38.5. The third-order valence-electron chi connectivity index (χ3n) is 1.35. The molecule has 0 aromatic rings. The number of hydrogen-bond donors (Lipinski definition) is 0. The van der Waals surface area contributed by atoms with Crippen molar-refractivity contribution >= 4 is 5.97 Å². The molecule has 0 N–H and O–H groups in total. The lowest BCUT2D eigenvalue weighted by molar-refractivity contribution is -0.139. The second kappa shape index (κ2) is 3.16. The number of rotatable bonds is 2. The van der Waals surface area contributed by atoms with Crippen LogP contribution in [0.25, 0.3) is 0 Å². The highest BCUT2D eigenvalue weighted by Crippen LogP contribution is 2.30. The van der Waals surface area contributed by atoms with Crippen LogP contribution in [-0.4, -0.2) is 12.1 Å². The summed E-state index contributed by atoms with van der Waals surface area (Å²) in [5.41, 5.74) is 0. The van der Waals surface area contributed by atoms with Crippen LogP contribution >= 0.6 is 0 Å². The molecule has 0 aromatic heterocycles. The minimum atomic E-state index is -4.41. The van der Waals surface area contributed by atoms with Gasteiger partial charge in [-0.25, -0.2) is 0 Å². The van der Waals surface area contributed by atoms with Crippen molar-refractivity contribution in [3.8, 4) is 0 Å². The Bertz CT molecular complexity index is 203. The van der Waals surface area contributed by atoms with Gasteiger partial charge in [0, 0.05) is 0 Å². The van der Waals surface area contributed by atoms with Gasteiger partial charge in [-0.1, -0.05) is 0 Å². The standard InChI is InChI=1S/C7H7F3O2/c8-7(9,10)3-4-12-6(11)5-1-2-5/h3-5H,1-2H2. The highest BCUT2D eigenvalue weighted by Gasteiger charge is 2.31. The Labute approximate surface area is 67.0 Å². The fourth-order valence-electron chi connectivity index (χ4n) is 0.593. The maximum Gasteiger partial charge on any atom is 0.412 e. The number of alkyl halides is 3. The summed E-state index contributed by atoms with van der Waals surface area (Å²) in [4.78, 5) is 10.7. The predicted octanol–water partition coefficient (Wildman–Crippen LogP) is 2.02. The molecule has 5 heteroatoms. The van der Waals surface area contributed by atoms with Gasteiger partial charge in [0.2, 0.25) is 0 Å². The van der Waals surface area contributed by atoms with Crippen LogP contribution < -0.4 is 0 Å². The molecule has 0 radical (unpaired) electrons. The molecule has 0 atom stereocenters. The molecule has 0 amide bonds. The zero-order chi connectivity index (χ0) is 9.19. The Kier molecular flexibility index (Phi) is 2.40. The van der Waals surface area contributed by atoms with Gasteiger partial charge in [0.25, 0.3) is 0 Å². The zero-order valence-corrected chi connectivity index (χ0v) is 6.10. The summed E-state index contributed by atoms with van der Waals surface area (Å²) in [7, 11) is 0. The third-order valence-corrected chi connectivity index (χ3v) is 1.35. The minimum Gasteiger partial charge on any atom is -0.434 e. The lowest BCUT2D eigenvalue weighted by Crippen LogP contribution is -2.05. The number of esters is 1. The number of allylic oxidation sites excluding steroid dienone is 1. The maximum absolute atomic E-state index is 11.4. The SMILES string of the molecule is O=C(OC=CC(F)(F)F)C1CC1. The summed E-state index contributed by atoms with van der Waals surface area (Å²) in [6.07, 6.45) is -2.69. The lowest BCUT2D eigenvalue weighted by Gasteiger charge is -1.98. The van der Waals surface area contributed by atoms with E-state index in [2.05, 4.69) is 4.74 Å². The van der Waals surface area contributed by atoms with Crippen LogP contribution in [0.2, 0.25) is 0 Å². The van der Waals surface area contributed by atoms with Gasteiger partial charge in [-0.05, 0) is 12.8 Å². The van der Waals surface area contributed by atoms with Crippen molar-refractivity contribution in [3.05, 3.63) is 12.3 Å². The Hall–Kier alpha value is -1.00. The van der Waals surface area contributed by atoms with Crippen LogP contribution in [0, 0.1) is 5.92 Å². The number of hydrogen-bond acceptors (Lipinski definition) is 2. The fourth-order valence-corrected chi connectivity index (χ4v) is 0.593. The molecule has 1 aliphatic rings. The largest absolute Gasteiger partial charge is 0.434 e. The van der Waals surface area contributed by atoms with Crippen molar-refractivity contribution < 1.29 is 22.7 Å². The Morgan fingerprint density at radius 3 is 2.42 bits per heavy atom. The zero-order valence-electron chi connectivity index (χ0n) is 6.10. The second-order valence-electron chi connectivity index (χ2n) is 2.56. The van der Waals surface area contributed by atoms with E-state index in [9.17, 15) is 18.0 Å². The van der Waals surface area contributed by atoms with Crippen molar-refractivity contribution in [3.63, 3.8) is 0 Å². The molecule has 1 rings (SSSR count). The van der Waals surface area contributed by atoms with E-state index >= 15 is 0 Å². The van der Waals surface area contributed by atoms with E-state index in [0.717, 1.165) is 12.8 Å². The topological polar surface area (TPSA) is 26.3 Å². The van der Waals surface area contributed by atoms with Crippen molar-refractivity contribution in [2.24, 2.45) is 5.92 Å². The van der Waals surface area contributed by atoms with E-state index < -0.39 is 12.1 Å². The molecule has 0 aromatic carbocycles. The average molecular weight is 180 g/mol. The van der Waals surface area contributed by atoms with Gasteiger partial charge < -0.3 is 4.74 Å². The summed E-state index contributed by atoms with van der Waals surface area (Å²) in [5, 5.41) is 0. The first-order chi connectivity index (χ1) is 5.49. The quantitative estimate of drug-likeness (QED) is 0.480. The summed E-state index contributed by atoms with van der Waals surface area (Å²) in [5.74, 6) is -0.751. The second-order valence-corrected chi connectivity index (χ2v) is 2.56. The minimum absolute atomic E-state index is 0.104. The molecule has 0 unspecified atom stereocenters. The van der Waals surface area contributed by atoms with E-state index in [1.54, 1.807) is 0 Å². The molecule has 1 fully saturated rings. The van der Waals surface area contributed by atoms with Gasteiger partial charge in [-0.2, -0.15) is 13.2 Å². The van der Waals surface area contributed by atoms with Crippen LogP contribution in [0.4, 0.5) is 13.2 Å². The molecule has 12 heavy (non-hydrogen) atoms. The molecule has 0 bridgehead atoms. The Balaban J connectivity index is 2.24. The van der Waals surface area contributed by atoms with Crippen LogP contribution in [0.15, 0.2) is 12.3 Å². The first kappa shape index (κ1) is 9.09. The average Bonchev–Trinajstić information content (AvgIpc) is 2.64. The third kappa shape index (κ3) is 3.41. The van der Waals surface area contributed by atoms with Crippen LogP contribution in [-0.2, 0) is 9.53 Å². The highest BCUT2D eigenvalue weighted by atomic mass is 19.4. The van der Waals surface area contributed by atoms with Crippen molar-refractivity contribution in [2.75, 3.05) is 0 Å². The Morgan fingerprint density at radius 2 is 2.00 bits per heavy atom. The van der Waals surface area contributed by atoms with Gasteiger partial charge in [-0.15, -0.1) is 0 Å². The van der Waals surface area contributed by atoms with Crippen molar-refractivity contribution in [1.29, 1.82) is 0 Å². The van der Waals surface area contributed by atoms with Gasteiger partial charge in [0.1, 0.15) is 0 Å². The molecule has 2 nitrogen and oxygen atoms in total. The smallest absolute Gasteiger partial charge is 0.412 e. The summed E-state index contributed by atoms with van der Waals surface area (Å²) in [6.45, 7) is 0. The molecule has 0 spiro atoms. The van der Waals surface area contributed by atoms with Gasteiger partial charge in [0.05, 0.1) is 18.3 Å². The summed E-state index contributed by atoms with van der Waals surface area (Å²) >= 11 is 0. The van der Waals surface area contributed by atoms with E-state index in [-0.39, 0.29) is 12.0 Å². The normalized spacial score (nSPS) is 18.2. The van der Waals surface area contributed by atoms with Crippen LogP contribution in [0.1, 0.15) is 12.8 Å². The number of ether oxygens (including phenoxy) is 1. The molecule has 1 aliphatic carbocycles. The van der Waals surface area contributed by atoms with E-state index in [1.165, 1.54) is 0 Å². The van der Waals surface area contributed by atoms with Crippen LogP contribution in [0.5, 0.6) is 0 Å². The predicted molar refractivity (Wildman–Crippen MR) is 34.0 cm³/mol. The van der Waals surface area contributed by atoms with Gasteiger partial charge in [-0.3, -0.25) is 4.79 Å². The summed E-state index contributed by atoms with van der Waals surface area (Å²) in [6, 6.07) is 0. The number of carbonyl (C=O) groups is 1. The molecule has 0 heterocycles. The first-order valence-corrected chi connectivity index (χ1v) is 3.44.